The van der Waals surface area contributed by atoms with Gasteiger partial charge in [0.15, 0.2) is 0 Å². The molecule has 84 valence electrons. The SMILES string of the molecule is NCC(CO)c1cnn(-c2ccccc2)c1. The predicted molar refractivity (Wildman–Crippen MR) is 62.4 cm³/mol. The topological polar surface area (TPSA) is 64.1 Å². The molecular weight excluding hydrogens is 202 g/mol. The fourth-order valence-electron chi connectivity index (χ4n) is 1.59. The molecule has 0 spiro atoms. The van der Waals surface area contributed by atoms with Gasteiger partial charge in [-0.25, -0.2) is 4.68 Å². The number of hydrogen-bond acceptors (Lipinski definition) is 3. The number of aliphatic hydroxyl groups is 1. The zero-order valence-electron chi connectivity index (χ0n) is 8.95. The summed E-state index contributed by atoms with van der Waals surface area (Å²) in [5.41, 5.74) is 7.54. The third kappa shape index (κ3) is 2.13. The summed E-state index contributed by atoms with van der Waals surface area (Å²) in [4.78, 5) is 0. The van der Waals surface area contributed by atoms with Crippen LogP contribution in [0.4, 0.5) is 0 Å². The Kier molecular flexibility index (Phi) is 3.34. The third-order valence-electron chi connectivity index (χ3n) is 2.60. The molecule has 0 saturated carbocycles. The van der Waals surface area contributed by atoms with Gasteiger partial charge < -0.3 is 10.8 Å². The molecule has 2 aromatic rings. The first-order valence-electron chi connectivity index (χ1n) is 5.26. The molecule has 0 saturated heterocycles. The Morgan fingerprint density at radius 1 is 1.31 bits per heavy atom. The molecule has 1 aromatic carbocycles. The van der Waals surface area contributed by atoms with Crippen molar-refractivity contribution in [2.45, 2.75) is 5.92 Å². The van der Waals surface area contributed by atoms with Gasteiger partial charge >= 0.3 is 0 Å². The van der Waals surface area contributed by atoms with Gasteiger partial charge in [0.1, 0.15) is 0 Å². The molecule has 0 aliphatic heterocycles. The number of para-hydroxylation sites is 1. The Hall–Kier alpha value is -1.65. The molecule has 2 rings (SSSR count). The van der Waals surface area contributed by atoms with Gasteiger partial charge in [-0.3, -0.25) is 0 Å². The molecule has 3 N–H and O–H groups in total. The van der Waals surface area contributed by atoms with Crippen molar-refractivity contribution in [3.8, 4) is 5.69 Å². The van der Waals surface area contributed by atoms with E-state index in [1.807, 2.05) is 36.5 Å². The maximum absolute atomic E-state index is 9.14. The summed E-state index contributed by atoms with van der Waals surface area (Å²) in [6.45, 7) is 0.480. The van der Waals surface area contributed by atoms with Crippen molar-refractivity contribution in [1.82, 2.24) is 9.78 Å². The standard InChI is InChI=1S/C12H15N3O/c13-6-10(9-16)11-7-14-15(8-11)12-4-2-1-3-5-12/h1-5,7-8,10,16H,6,9,13H2. The molecule has 1 heterocycles. The second-order valence-electron chi connectivity index (χ2n) is 3.67. The van der Waals surface area contributed by atoms with Crippen LogP contribution in [0.15, 0.2) is 42.7 Å². The molecule has 0 aliphatic rings. The summed E-state index contributed by atoms with van der Waals surface area (Å²) < 4.78 is 1.79. The average molecular weight is 217 g/mol. The first kappa shape index (κ1) is 10.9. The summed E-state index contributed by atoms with van der Waals surface area (Å²) in [5, 5.41) is 13.4. The fraction of sp³-hybridized carbons (Fsp3) is 0.250. The van der Waals surface area contributed by atoms with E-state index < -0.39 is 0 Å². The Morgan fingerprint density at radius 3 is 2.69 bits per heavy atom. The van der Waals surface area contributed by atoms with Crippen molar-refractivity contribution in [2.75, 3.05) is 13.2 Å². The lowest BCUT2D eigenvalue weighted by Gasteiger charge is -2.07. The van der Waals surface area contributed by atoms with Gasteiger partial charge in [0.05, 0.1) is 18.5 Å². The lowest BCUT2D eigenvalue weighted by molar-refractivity contribution is 0.268. The number of benzene rings is 1. The first-order valence-corrected chi connectivity index (χ1v) is 5.26. The van der Waals surface area contributed by atoms with Crippen LogP contribution in [0.5, 0.6) is 0 Å². The Balaban J connectivity index is 2.26. The van der Waals surface area contributed by atoms with Gasteiger partial charge in [0.25, 0.3) is 0 Å². The lowest BCUT2D eigenvalue weighted by atomic mass is 10.1. The van der Waals surface area contributed by atoms with Crippen molar-refractivity contribution in [1.29, 1.82) is 0 Å². The summed E-state index contributed by atoms with van der Waals surface area (Å²) in [5.74, 6) is -0.0301. The van der Waals surface area contributed by atoms with Gasteiger partial charge in [0, 0.05) is 18.7 Å². The lowest BCUT2D eigenvalue weighted by Crippen LogP contribution is -2.15. The largest absolute Gasteiger partial charge is 0.396 e. The highest BCUT2D eigenvalue weighted by atomic mass is 16.3. The van der Waals surface area contributed by atoms with E-state index in [1.54, 1.807) is 10.9 Å². The monoisotopic (exact) mass is 217 g/mol. The van der Waals surface area contributed by atoms with Crippen LogP contribution in [0.3, 0.4) is 0 Å². The van der Waals surface area contributed by atoms with Crippen LogP contribution in [0.1, 0.15) is 11.5 Å². The Bertz CT molecular complexity index is 435. The predicted octanol–water partition coefficient (Wildman–Crippen LogP) is 0.907. The molecular formula is C12H15N3O. The van der Waals surface area contributed by atoms with E-state index in [1.165, 1.54) is 0 Å². The second-order valence-corrected chi connectivity index (χ2v) is 3.67. The summed E-state index contributed by atoms with van der Waals surface area (Å²) in [7, 11) is 0. The zero-order valence-corrected chi connectivity index (χ0v) is 8.95. The van der Waals surface area contributed by atoms with Crippen LogP contribution >= 0.6 is 0 Å². The summed E-state index contributed by atoms with van der Waals surface area (Å²) >= 11 is 0. The molecule has 0 radical (unpaired) electrons. The molecule has 0 aliphatic carbocycles. The number of nitrogens with zero attached hydrogens (tertiary/aromatic N) is 2. The molecule has 4 nitrogen and oxygen atoms in total. The van der Waals surface area contributed by atoms with E-state index in [4.69, 9.17) is 10.8 Å². The smallest absolute Gasteiger partial charge is 0.0645 e. The molecule has 4 heteroatoms. The first-order chi connectivity index (χ1) is 7.85. The van der Waals surface area contributed by atoms with E-state index in [0.29, 0.717) is 6.54 Å². The molecule has 0 amide bonds. The van der Waals surface area contributed by atoms with Gasteiger partial charge in [0.2, 0.25) is 0 Å². The maximum Gasteiger partial charge on any atom is 0.0645 e. The number of aliphatic hydroxyl groups excluding tert-OH is 1. The number of hydrogen-bond donors (Lipinski definition) is 2. The molecule has 1 unspecified atom stereocenters. The zero-order chi connectivity index (χ0) is 11.4. The van der Waals surface area contributed by atoms with Crippen molar-refractivity contribution < 1.29 is 5.11 Å². The Morgan fingerprint density at radius 2 is 2.06 bits per heavy atom. The van der Waals surface area contributed by atoms with Crippen molar-refractivity contribution in [3.63, 3.8) is 0 Å². The van der Waals surface area contributed by atoms with Crippen LogP contribution < -0.4 is 5.73 Å². The van der Waals surface area contributed by atoms with E-state index >= 15 is 0 Å². The molecule has 0 bridgehead atoms. The van der Waals surface area contributed by atoms with Crippen LogP contribution in [0.25, 0.3) is 5.69 Å². The third-order valence-corrected chi connectivity index (χ3v) is 2.60. The van der Waals surface area contributed by atoms with Crippen molar-refractivity contribution in [2.24, 2.45) is 5.73 Å². The highest BCUT2D eigenvalue weighted by Crippen LogP contribution is 2.15. The normalized spacial score (nSPS) is 12.6. The molecule has 16 heavy (non-hydrogen) atoms. The number of rotatable bonds is 4. The van der Waals surface area contributed by atoms with E-state index in [9.17, 15) is 0 Å². The number of nitrogens with two attached hydrogens (primary N) is 1. The summed E-state index contributed by atoms with van der Waals surface area (Å²) in [6, 6.07) is 9.84. The van der Waals surface area contributed by atoms with Crippen LogP contribution in [-0.2, 0) is 0 Å². The van der Waals surface area contributed by atoms with E-state index in [2.05, 4.69) is 5.10 Å². The van der Waals surface area contributed by atoms with Gasteiger partial charge in [-0.15, -0.1) is 0 Å². The fourth-order valence-corrected chi connectivity index (χ4v) is 1.59. The quantitative estimate of drug-likeness (QED) is 0.800. The average Bonchev–Trinajstić information content (AvgIpc) is 2.81. The molecule has 0 fully saturated rings. The highest BCUT2D eigenvalue weighted by molar-refractivity contribution is 5.31. The maximum atomic E-state index is 9.14. The van der Waals surface area contributed by atoms with Crippen molar-refractivity contribution >= 4 is 0 Å². The minimum absolute atomic E-state index is 0.0301. The van der Waals surface area contributed by atoms with Crippen molar-refractivity contribution in [3.05, 3.63) is 48.3 Å². The van der Waals surface area contributed by atoms with E-state index in [0.717, 1.165) is 11.3 Å². The van der Waals surface area contributed by atoms with Gasteiger partial charge in [-0.2, -0.15) is 5.10 Å². The van der Waals surface area contributed by atoms with Crippen LogP contribution in [-0.4, -0.2) is 28.0 Å². The number of aromatic nitrogens is 2. The minimum Gasteiger partial charge on any atom is -0.396 e. The van der Waals surface area contributed by atoms with Gasteiger partial charge in [-0.1, -0.05) is 18.2 Å². The highest BCUT2D eigenvalue weighted by Gasteiger charge is 2.10. The molecule has 1 atom stereocenters. The Labute approximate surface area is 94.3 Å². The summed E-state index contributed by atoms with van der Waals surface area (Å²) in [6.07, 6.45) is 3.66. The minimum atomic E-state index is -0.0301. The van der Waals surface area contributed by atoms with Crippen LogP contribution in [0.2, 0.25) is 0 Å². The van der Waals surface area contributed by atoms with E-state index in [-0.39, 0.29) is 12.5 Å². The second kappa shape index (κ2) is 4.92. The van der Waals surface area contributed by atoms with Gasteiger partial charge in [-0.05, 0) is 17.7 Å². The van der Waals surface area contributed by atoms with Crippen LogP contribution in [0, 0.1) is 0 Å². The molecule has 1 aromatic heterocycles.